The summed E-state index contributed by atoms with van der Waals surface area (Å²) < 4.78 is 5.83. The summed E-state index contributed by atoms with van der Waals surface area (Å²) in [5.74, 6) is 0.736. The predicted molar refractivity (Wildman–Crippen MR) is 80.9 cm³/mol. The Labute approximate surface area is 127 Å². The highest BCUT2D eigenvalue weighted by Gasteiger charge is 2.38. The van der Waals surface area contributed by atoms with Crippen molar-refractivity contribution < 1.29 is 9.53 Å². The maximum Gasteiger partial charge on any atom is 0.223 e. The molecule has 4 atom stereocenters. The van der Waals surface area contributed by atoms with E-state index in [0.717, 1.165) is 32.2 Å². The molecule has 0 radical (unpaired) electrons. The van der Waals surface area contributed by atoms with E-state index in [1.807, 2.05) is 0 Å². The second kappa shape index (κ2) is 7.10. The number of halogens is 1. The zero-order valence-electron chi connectivity index (χ0n) is 12.1. The molecular formula is C15H27ClN2O2. The lowest BCUT2D eigenvalue weighted by atomic mass is 9.89. The van der Waals surface area contributed by atoms with Gasteiger partial charge >= 0.3 is 0 Å². The first-order valence-electron chi connectivity index (χ1n) is 7.92. The van der Waals surface area contributed by atoms with Crippen LogP contribution in [-0.2, 0) is 9.53 Å². The predicted octanol–water partition coefficient (Wildman–Crippen LogP) is 2.10. The van der Waals surface area contributed by atoms with Crippen molar-refractivity contribution in [2.24, 2.45) is 11.7 Å². The molecular weight excluding hydrogens is 276 g/mol. The summed E-state index contributed by atoms with van der Waals surface area (Å²) >= 11 is 0. The average Bonchev–Trinajstić information content (AvgIpc) is 2.83. The topological polar surface area (TPSA) is 55.6 Å². The van der Waals surface area contributed by atoms with E-state index in [9.17, 15) is 4.79 Å². The van der Waals surface area contributed by atoms with E-state index in [2.05, 4.69) is 4.90 Å². The number of amides is 1. The minimum Gasteiger partial charge on any atom is -0.374 e. The molecule has 3 fully saturated rings. The molecule has 2 N–H and O–H groups in total. The Morgan fingerprint density at radius 1 is 1.15 bits per heavy atom. The number of fused-ring (bicyclic) bond motifs is 1. The zero-order valence-corrected chi connectivity index (χ0v) is 12.9. The van der Waals surface area contributed by atoms with Crippen LogP contribution in [0.15, 0.2) is 0 Å². The minimum absolute atomic E-state index is 0. The summed E-state index contributed by atoms with van der Waals surface area (Å²) in [5, 5.41) is 0. The van der Waals surface area contributed by atoms with Gasteiger partial charge < -0.3 is 15.4 Å². The lowest BCUT2D eigenvalue weighted by Crippen LogP contribution is -2.55. The van der Waals surface area contributed by atoms with E-state index in [1.54, 1.807) is 0 Å². The van der Waals surface area contributed by atoms with Crippen molar-refractivity contribution >= 4 is 18.3 Å². The molecule has 4 nitrogen and oxygen atoms in total. The standard InChI is InChI=1S/C15H26N2O2.ClH/c16-12-5-3-4-11(12)10-15(18)17-8-9-19-14-7-2-1-6-13(14)17;/h11-14H,1-10,16H2;1H/t11-,12+,13?,14?;/m0./s1. The molecule has 1 heterocycles. The van der Waals surface area contributed by atoms with Crippen molar-refractivity contribution in [1.82, 2.24) is 4.90 Å². The van der Waals surface area contributed by atoms with E-state index in [1.165, 1.54) is 19.3 Å². The number of hydrogen-bond donors (Lipinski definition) is 1. The van der Waals surface area contributed by atoms with Crippen molar-refractivity contribution in [2.45, 2.75) is 69.6 Å². The van der Waals surface area contributed by atoms with Gasteiger partial charge in [-0.25, -0.2) is 0 Å². The quantitative estimate of drug-likeness (QED) is 0.850. The van der Waals surface area contributed by atoms with Crippen LogP contribution in [0.1, 0.15) is 51.4 Å². The summed E-state index contributed by atoms with van der Waals surface area (Å²) in [7, 11) is 0. The number of ether oxygens (including phenoxy) is 1. The average molecular weight is 303 g/mol. The van der Waals surface area contributed by atoms with E-state index in [4.69, 9.17) is 10.5 Å². The van der Waals surface area contributed by atoms with Crippen molar-refractivity contribution in [3.05, 3.63) is 0 Å². The largest absolute Gasteiger partial charge is 0.374 e. The second-order valence-corrected chi connectivity index (χ2v) is 6.41. The molecule has 2 unspecified atom stereocenters. The third-order valence-electron chi connectivity index (χ3n) is 5.21. The van der Waals surface area contributed by atoms with E-state index in [0.29, 0.717) is 37.0 Å². The van der Waals surface area contributed by atoms with Crippen LogP contribution in [0, 0.1) is 5.92 Å². The Kier molecular flexibility index (Phi) is 5.70. The van der Waals surface area contributed by atoms with Crippen LogP contribution >= 0.6 is 12.4 Å². The number of nitrogens with zero attached hydrogens (tertiary/aromatic N) is 1. The van der Waals surface area contributed by atoms with Crippen molar-refractivity contribution in [3.8, 4) is 0 Å². The highest BCUT2D eigenvalue weighted by molar-refractivity contribution is 5.85. The first kappa shape index (κ1) is 16.1. The Balaban J connectivity index is 0.00000147. The molecule has 0 aromatic rings. The molecule has 1 amide bonds. The van der Waals surface area contributed by atoms with Crippen molar-refractivity contribution in [3.63, 3.8) is 0 Å². The number of morpholine rings is 1. The van der Waals surface area contributed by atoms with E-state index < -0.39 is 0 Å². The third kappa shape index (κ3) is 3.29. The van der Waals surface area contributed by atoms with Gasteiger partial charge in [0.1, 0.15) is 0 Å². The van der Waals surface area contributed by atoms with Crippen molar-refractivity contribution in [1.29, 1.82) is 0 Å². The lowest BCUT2D eigenvalue weighted by Gasteiger charge is -2.44. The maximum absolute atomic E-state index is 12.6. The van der Waals surface area contributed by atoms with Gasteiger partial charge in [-0.2, -0.15) is 0 Å². The van der Waals surface area contributed by atoms with Crippen LogP contribution in [0.2, 0.25) is 0 Å². The van der Waals surface area contributed by atoms with Gasteiger partial charge in [0, 0.05) is 19.0 Å². The van der Waals surface area contributed by atoms with Gasteiger partial charge in [0.15, 0.2) is 0 Å². The minimum atomic E-state index is 0. The molecule has 0 bridgehead atoms. The molecule has 3 aliphatic rings. The number of carbonyl (C=O) groups is 1. The number of nitrogens with two attached hydrogens (primary N) is 1. The van der Waals surface area contributed by atoms with Crippen LogP contribution in [0.4, 0.5) is 0 Å². The van der Waals surface area contributed by atoms with Crippen LogP contribution in [0.3, 0.4) is 0 Å². The first-order valence-corrected chi connectivity index (χ1v) is 7.92. The summed E-state index contributed by atoms with van der Waals surface area (Å²) in [6.07, 6.45) is 9.08. The second-order valence-electron chi connectivity index (χ2n) is 6.41. The molecule has 0 spiro atoms. The summed E-state index contributed by atoms with van der Waals surface area (Å²) in [4.78, 5) is 14.7. The highest BCUT2D eigenvalue weighted by atomic mass is 35.5. The smallest absolute Gasteiger partial charge is 0.223 e. The summed E-state index contributed by atoms with van der Waals surface area (Å²) in [6.45, 7) is 1.49. The molecule has 0 aromatic heterocycles. The van der Waals surface area contributed by atoms with Gasteiger partial charge in [-0.1, -0.05) is 19.3 Å². The molecule has 2 aliphatic carbocycles. The highest BCUT2D eigenvalue weighted by Crippen LogP contribution is 2.31. The molecule has 2 saturated carbocycles. The molecule has 116 valence electrons. The fraction of sp³-hybridized carbons (Fsp3) is 0.933. The maximum atomic E-state index is 12.6. The number of carbonyl (C=O) groups excluding carboxylic acids is 1. The van der Waals surface area contributed by atoms with Gasteiger partial charge in [0.05, 0.1) is 18.8 Å². The number of rotatable bonds is 2. The summed E-state index contributed by atoms with van der Waals surface area (Å²) in [6, 6.07) is 0.583. The van der Waals surface area contributed by atoms with Gasteiger partial charge in [-0.3, -0.25) is 4.79 Å². The van der Waals surface area contributed by atoms with Crippen LogP contribution in [0.25, 0.3) is 0 Å². The Bertz CT molecular complexity index is 338. The lowest BCUT2D eigenvalue weighted by molar-refractivity contribution is -0.150. The van der Waals surface area contributed by atoms with Gasteiger partial charge in [0.2, 0.25) is 5.91 Å². The fourth-order valence-corrected chi connectivity index (χ4v) is 4.07. The van der Waals surface area contributed by atoms with Crippen LogP contribution < -0.4 is 5.73 Å². The molecule has 3 rings (SSSR count). The normalized spacial score (nSPS) is 37.1. The molecule has 1 saturated heterocycles. The monoisotopic (exact) mass is 302 g/mol. The van der Waals surface area contributed by atoms with Crippen LogP contribution in [0.5, 0.6) is 0 Å². The molecule has 20 heavy (non-hydrogen) atoms. The third-order valence-corrected chi connectivity index (χ3v) is 5.21. The molecule has 0 aromatic carbocycles. The molecule has 1 aliphatic heterocycles. The zero-order chi connectivity index (χ0) is 13.2. The Hall–Kier alpha value is -0.320. The Morgan fingerprint density at radius 2 is 1.95 bits per heavy atom. The Morgan fingerprint density at radius 3 is 2.70 bits per heavy atom. The van der Waals surface area contributed by atoms with Gasteiger partial charge in [-0.15, -0.1) is 12.4 Å². The summed E-state index contributed by atoms with van der Waals surface area (Å²) in [5.41, 5.74) is 6.09. The SMILES string of the molecule is Cl.N[C@@H]1CCC[C@H]1CC(=O)N1CCOC2CCCCC21. The van der Waals surface area contributed by atoms with E-state index >= 15 is 0 Å². The number of hydrogen-bond acceptors (Lipinski definition) is 3. The van der Waals surface area contributed by atoms with E-state index in [-0.39, 0.29) is 18.4 Å². The van der Waals surface area contributed by atoms with Crippen LogP contribution in [-0.4, -0.2) is 42.1 Å². The van der Waals surface area contributed by atoms with Crippen molar-refractivity contribution in [2.75, 3.05) is 13.2 Å². The van der Waals surface area contributed by atoms with Gasteiger partial charge in [0.25, 0.3) is 0 Å². The van der Waals surface area contributed by atoms with Gasteiger partial charge in [-0.05, 0) is 31.6 Å². The molecule has 5 heteroatoms. The first-order chi connectivity index (χ1) is 9.25. The fourth-order valence-electron chi connectivity index (χ4n) is 4.07.